The van der Waals surface area contributed by atoms with Crippen LogP contribution >= 0.6 is 0 Å². The molecule has 0 fully saturated rings. The summed E-state index contributed by atoms with van der Waals surface area (Å²) < 4.78 is 5.25. The van der Waals surface area contributed by atoms with E-state index in [0.717, 1.165) is 5.56 Å². The van der Waals surface area contributed by atoms with Gasteiger partial charge >= 0.3 is 0 Å². The molecule has 0 unspecified atom stereocenters. The van der Waals surface area contributed by atoms with Crippen LogP contribution in [0.25, 0.3) is 0 Å². The van der Waals surface area contributed by atoms with E-state index in [4.69, 9.17) is 10.5 Å². The van der Waals surface area contributed by atoms with Gasteiger partial charge in [0, 0.05) is 11.3 Å². The summed E-state index contributed by atoms with van der Waals surface area (Å²) in [6.07, 6.45) is 0. The molecule has 1 aliphatic rings. The summed E-state index contributed by atoms with van der Waals surface area (Å²) in [4.78, 5) is 25.9. The van der Waals surface area contributed by atoms with E-state index >= 15 is 0 Å². The molecule has 2 amide bonds. The van der Waals surface area contributed by atoms with E-state index in [1.807, 2.05) is 18.2 Å². The summed E-state index contributed by atoms with van der Waals surface area (Å²) in [5, 5.41) is 0. The van der Waals surface area contributed by atoms with Crippen molar-refractivity contribution in [3.8, 4) is 5.75 Å². The highest BCUT2D eigenvalue weighted by Crippen LogP contribution is 2.28. The molecule has 0 saturated heterocycles. The van der Waals surface area contributed by atoms with Crippen molar-refractivity contribution in [3.63, 3.8) is 0 Å². The van der Waals surface area contributed by atoms with E-state index < -0.39 is 0 Å². The van der Waals surface area contributed by atoms with Crippen LogP contribution < -0.4 is 10.5 Å². The van der Waals surface area contributed by atoms with E-state index in [0.29, 0.717) is 22.6 Å². The SMILES string of the molecule is COc1ccccc1CN1C(=O)c2ccc(N)cc2C1=O. The molecule has 5 nitrogen and oxygen atoms in total. The molecule has 0 bridgehead atoms. The first-order valence-electron chi connectivity index (χ1n) is 6.49. The average molecular weight is 282 g/mol. The van der Waals surface area contributed by atoms with Crippen molar-refractivity contribution in [1.29, 1.82) is 0 Å². The molecule has 2 N–H and O–H groups in total. The number of rotatable bonds is 3. The van der Waals surface area contributed by atoms with Crippen molar-refractivity contribution in [2.24, 2.45) is 0 Å². The number of imide groups is 1. The highest BCUT2D eigenvalue weighted by Gasteiger charge is 2.35. The molecule has 5 heteroatoms. The number of nitrogen functional groups attached to an aromatic ring is 1. The lowest BCUT2D eigenvalue weighted by Gasteiger charge is -2.15. The van der Waals surface area contributed by atoms with Crippen LogP contribution in [0.2, 0.25) is 0 Å². The van der Waals surface area contributed by atoms with Crippen LogP contribution in [0.3, 0.4) is 0 Å². The molecule has 0 radical (unpaired) electrons. The largest absolute Gasteiger partial charge is 0.496 e. The monoisotopic (exact) mass is 282 g/mol. The maximum atomic E-state index is 12.4. The number of hydrogen-bond donors (Lipinski definition) is 1. The van der Waals surface area contributed by atoms with Crippen LogP contribution in [0.5, 0.6) is 5.75 Å². The Morgan fingerprint density at radius 3 is 2.52 bits per heavy atom. The normalized spacial score (nSPS) is 13.5. The van der Waals surface area contributed by atoms with Gasteiger partial charge in [-0.05, 0) is 24.3 Å². The van der Waals surface area contributed by atoms with Crippen molar-refractivity contribution in [3.05, 3.63) is 59.2 Å². The lowest BCUT2D eigenvalue weighted by atomic mass is 10.1. The Balaban J connectivity index is 1.95. The molecule has 1 aliphatic heterocycles. The van der Waals surface area contributed by atoms with Crippen LogP contribution in [-0.4, -0.2) is 23.8 Å². The molecule has 3 rings (SSSR count). The maximum Gasteiger partial charge on any atom is 0.261 e. The standard InChI is InChI=1S/C16H14N2O3/c1-21-14-5-3-2-4-10(14)9-18-15(19)12-7-6-11(17)8-13(12)16(18)20/h2-8H,9,17H2,1H3. The molecule has 106 valence electrons. The number of hydrogen-bond acceptors (Lipinski definition) is 4. The quantitative estimate of drug-likeness (QED) is 0.691. The number of anilines is 1. The second kappa shape index (κ2) is 4.94. The lowest BCUT2D eigenvalue weighted by molar-refractivity contribution is 0.0641. The number of fused-ring (bicyclic) bond motifs is 1. The van der Waals surface area contributed by atoms with Crippen LogP contribution in [0.15, 0.2) is 42.5 Å². The first-order chi connectivity index (χ1) is 10.1. The molecule has 0 saturated carbocycles. The molecule has 2 aromatic rings. The highest BCUT2D eigenvalue weighted by atomic mass is 16.5. The minimum Gasteiger partial charge on any atom is -0.496 e. The molecule has 21 heavy (non-hydrogen) atoms. The van der Waals surface area contributed by atoms with Gasteiger partial charge in [0.2, 0.25) is 0 Å². The second-order valence-electron chi connectivity index (χ2n) is 4.81. The van der Waals surface area contributed by atoms with Crippen LogP contribution in [0.4, 0.5) is 5.69 Å². The Morgan fingerprint density at radius 1 is 1.05 bits per heavy atom. The summed E-state index contributed by atoms with van der Waals surface area (Å²) in [6, 6.07) is 12.1. The first-order valence-corrected chi connectivity index (χ1v) is 6.49. The third-order valence-electron chi connectivity index (χ3n) is 3.52. The van der Waals surface area contributed by atoms with Crippen LogP contribution in [-0.2, 0) is 6.54 Å². The first kappa shape index (κ1) is 13.2. The van der Waals surface area contributed by atoms with E-state index in [1.54, 1.807) is 25.3 Å². The number of benzene rings is 2. The van der Waals surface area contributed by atoms with E-state index in [1.165, 1.54) is 11.0 Å². The second-order valence-corrected chi connectivity index (χ2v) is 4.81. The predicted octanol–water partition coefficient (Wildman–Crippen LogP) is 2.07. The van der Waals surface area contributed by atoms with Crippen molar-refractivity contribution in [2.45, 2.75) is 6.54 Å². The Kier molecular flexibility index (Phi) is 3.10. The number of carbonyl (C=O) groups excluding carboxylic acids is 2. The fourth-order valence-corrected chi connectivity index (χ4v) is 2.46. The zero-order valence-electron chi connectivity index (χ0n) is 11.5. The Bertz CT molecular complexity index is 740. The van der Waals surface area contributed by atoms with Gasteiger partial charge in [0.25, 0.3) is 11.8 Å². The molecule has 0 atom stereocenters. The van der Waals surface area contributed by atoms with Gasteiger partial charge in [-0.2, -0.15) is 0 Å². The van der Waals surface area contributed by atoms with Crippen LogP contribution in [0.1, 0.15) is 26.3 Å². The molecule has 0 spiro atoms. The lowest BCUT2D eigenvalue weighted by Crippen LogP contribution is -2.29. The molecular weight excluding hydrogens is 268 g/mol. The number of methoxy groups -OCH3 is 1. The average Bonchev–Trinajstić information content (AvgIpc) is 2.72. The summed E-state index contributed by atoms with van der Waals surface area (Å²) in [5.74, 6) is 0.0164. The third-order valence-corrected chi connectivity index (χ3v) is 3.52. The summed E-state index contributed by atoms with van der Waals surface area (Å²) in [7, 11) is 1.56. The summed E-state index contributed by atoms with van der Waals surface area (Å²) >= 11 is 0. The maximum absolute atomic E-state index is 12.4. The fraction of sp³-hybridized carbons (Fsp3) is 0.125. The van der Waals surface area contributed by atoms with Crippen molar-refractivity contribution in [1.82, 2.24) is 4.90 Å². The molecule has 0 aromatic heterocycles. The zero-order valence-corrected chi connectivity index (χ0v) is 11.5. The van der Waals surface area contributed by atoms with Gasteiger partial charge < -0.3 is 10.5 Å². The van der Waals surface area contributed by atoms with Gasteiger partial charge in [-0.1, -0.05) is 18.2 Å². The highest BCUT2D eigenvalue weighted by molar-refractivity contribution is 6.21. The topological polar surface area (TPSA) is 72.6 Å². The van der Waals surface area contributed by atoms with Gasteiger partial charge in [0.05, 0.1) is 24.8 Å². The fourth-order valence-electron chi connectivity index (χ4n) is 2.46. The van der Waals surface area contributed by atoms with E-state index in [-0.39, 0.29) is 18.4 Å². The van der Waals surface area contributed by atoms with E-state index in [9.17, 15) is 9.59 Å². The third kappa shape index (κ3) is 2.12. The minimum absolute atomic E-state index is 0.177. The smallest absolute Gasteiger partial charge is 0.261 e. The Labute approximate surface area is 121 Å². The van der Waals surface area contributed by atoms with Gasteiger partial charge in [-0.25, -0.2) is 0 Å². The van der Waals surface area contributed by atoms with Gasteiger partial charge in [0.1, 0.15) is 5.75 Å². The Hall–Kier alpha value is -2.82. The van der Waals surface area contributed by atoms with E-state index in [2.05, 4.69) is 0 Å². The summed E-state index contributed by atoms with van der Waals surface area (Å²) in [5.41, 5.74) is 7.68. The number of nitrogens with two attached hydrogens (primary N) is 1. The van der Waals surface area contributed by atoms with Crippen molar-refractivity contribution < 1.29 is 14.3 Å². The molecule has 2 aromatic carbocycles. The van der Waals surface area contributed by atoms with Gasteiger partial charge in [-0.15, -0.1) is 0 Å². The van der Waals surface area contributed by atoms with Gasteiger partial charge in [-0.3, -0.25) is 14.5 Å². The number of para-hydroxylation sites is 1. The summed E-state index contributed by atoms with van der Waals surface area (Å²) in [6.45, 7) is 0.177. The minimum atomic E-state index is -0.326. The number of amides is 2. The van der Waals surface area contributed by atoms with Gasteiger partial charge in [0.15, 0.2) is 0 Å². The van der Waals surface area contributed by atoms with Crippen LogP contribution in [0, 0.1) is 0 Å². The zero-order chi connectivity index (χ0) is 15.0. The molecule has 1 heterocycles. The number of nitrogens with zero attached hydrogens (tertiary/aromatic N) is 1. The number of ether oxygens (including phenoxy) is 1. The Morgan fingerprint density at radius 2 is 1.76 bits per heavy atom. The predicted molar refractivity (Wildman–Crippen MR) is 78.1 cm³/mol. The molecular formula is C16H14N2O3. The van der Waals surface area contributed by atoms with Crippen molar-refractivity contribution in [2.75, 3.05) is 12.8 Å². The van der Waals surface area contributed by atoms with Crippen molar-refractivity contribution >= 4 is 17.5 Å². The number of carbonyl (C=O) groups is 2. The molecule has 0 aliphatic carbocycles.